The van der Waals surface area contributed by atoms with Crippen LogP contribution in [0.15, 0.2) is 30.3 Å². The van der Waals surface area contributed by atoms with Crippen molar-refractivity contribution in [2.45, 2.75) is 20.8 Å². The fourth-order valence-corrected chi connectivity index (χ4v) is 0.890. The Morgan fingerprint density at radius 2 is 1.43 bits per heavy atom. The van der Waals surface area contributed by atoms with Crippen LogP contribution in [0.4, 0.5) is 0 Å². The number of ketones is 2. The molecule has 0 aliphatic rings. The van der Waals surface area contributed by atoms with Crippen molar-refractivity contribution in [1.29, 1.82) is 0 Å². The zero-order valence-corrected chi connectivity index (χ0v) is 17.2. The maximum absolute atomic E-state index is 9.37. The molecule has 1 aromatic carbocycles. The molecule has 0 aromatic heterocycles. The van der Waals surface area contributed by atoms with Gasteiger partial charge in [-0.3, -0.25) is 4.79 Å². The molecule has 0 aliphatic heterocycles. The van der Waals surface area contributed by atoms with Crippen molar-refractivity contribution in [2.75, 3.05) is 13.2 Å². The van der Waals surface area contributed by atoms with Gasteiger partial charge in [0, 0.05) is 20.8 Å². The molecule has 0 fully saturated rings. The van der Waals surface area contributed by atoms with Crippen LogP contribution in [0.1, 0.15) is 26.3 Å². The third kappa shape index (κ3) is 25.0. The van der Waals surface area contributed by atoms with Crippen LogP contribution in [0.2, 0.25) is 0 Å². The summed E-state index contributed by atoms with van der Waals surface area (Å²) >= 11 is -0.889. The van der Waals surface area contributed by atoms with Crippen LogP contribution in [0.25, 0.3) is 0 Å². The van der Waals surface area contributed by atoms with Crippen molar-refractivity contribution in [3.05, 3.63) is 42.3 Å². The molecule has 6 N–H and O–H groups in total. The van der Waals surface area contributed by atoms with Gasteiger partial charge in [0.2, 0.25) is 11.6 Å². The molecule has 0 atom stereocenters. The molecule has 7 heteroatoms. The zero-order valence-electron chi connectivity index (χ0n) is 12.5. The number of halogens is 2. The van der Waals surface area contributed by atoms with E-state index in [4.69, 9.17) is 33.4 Å². The van der Waals surface area contributed by atoms with E-state index < -0.39 is 17.6 Å². The number of hydrogen-bond donors (Lipinski definition) is 0. The summed E-state index contributed by atoms with van der Waals surface area (Å²) in [5.74, 6) is 0.173. The Morgan fingerprint density at radius 1 is 1.10 bits per heavy atom. The Balaban J connectivity index is -0.000000300. The Labute approximate surface area is 143 Å². The topological polar surface area (TPSA) is 88.6 Å². The second kappa shape index (κ2) is 22.0. The molecule has 0 saturated heterocycles. The monoisotopic (exact) mass is 508 g/mol. The first kappa shape index (κ1) is 25.6. The van der Waals surface area contributed by atoms with E-state index >= 15 is 0 Å². The third-order valence-corrected chi connectivity index (χ3v) is 1.42. The number of carbonyl (C=O) groups excluding carboxylic acids is 2. The van der Waals surface area contributed by atoms with Crippen LogP contribution in [-0.2, 0) is 17.6 Å². The van der Waals surface area contributed by atoms with Gasteiger partial charge < -0.3 is 15.0 Å². The Hall–Kier alpha value is -0.330. The first-order valence-electron chi connectivity index (χ1n) is 6.14. The average Bonchev–Trinajstić information content (AvgIpc) is 2.41. The van der Waals surface area contributed by atoms with Crippen LogP contribution in [0.3, 0.4) is 0 Å². The second-order valence-electron chi connectivity index (χ2n) is 3.31. The molecule has 0 unspecified atom stereocenters. The van der Waals surface area contributed by atoms with Crippen molar-refractivity contribution in [3.63, 3.8) is 0 Å². The summed E-state index contributed by atoms with van der Waals surface area (Å²) in [5.41, 5.74) is 0.700. The molecular weight excluding hydrogens is 484 g/mol. The Kier molecular flexibility index (Phi) is 26.8. The zero-order chi connectivity index (χ0) is 17.1. The summed E-state index contributed by atoms with van der Waals surface area (Å²) in [6, 6.07) is 9.06. The van der Waals surface area contributed by atoms with Crippen LogP contribution < -0.4 is 0 Å². The second-order valence-corrected chi connectivity index (χ2v) is 7.95. The number of hydrogen-bond acceptors (Lipinski definition) is 0. The minimum absolute atomic E-state index is 0.0793. The molecule has 1 aromatic rings. The van der Waals surface area contributed by atoms with Gasteiger partial charge in [0.1, 0.15) is 13.2 Å². The quantitative estimate of drug-likeness (QED) is 0.259. The molecule has 0 saturated carbocycles. The van der Waals surface area contributed by atoms with E-state index in [1.54, 1.807) is 26.0 Å². The van der Waals surface area contributed by atoms with Crippen LogP contribution >= 0.6 is 18.4 Å². The molecule has 4 nitrogen and oxygen atoms in total. The minimum atomic E-state index is -0.889. The van der Waals surface area contributed by atoms with Crippen molar-refractivity contribution in [2.24, 2.45) is 0 Å². The van der Waals surface area contributed by atoms with E-state index in [-0.39, 0.29) is 11.6 Å². The van der Waals surface area contributed by atoms with E-state index in [1.807, 2.05) is 18.2 Å². The fraction of sp³-hybridized carbons (Fsp3) is 0.357. The molecule has 0 amide bonds. The molecule has 21 heavy (non-hydrogen) atoms. The average molecular weight is 509 g/mol. The van der Waals surface area contributed by atoms with Crippen LogP contribution in [-0.4, -0.2) is 44.6 Å². The van der Waals surface area contributed by atoms with Gasteiger partial charge in [-0.2, -0.15) is 0 Å². The first-order valence-corrected chi connectivity index (χ1v) is 14.1. The molecule has 0 radical (unpaired) electrons. The normalized spacial score (nSPS) is 7.57. The van der Waals surface area contributed by atoms with Gasteiger partial charge in [-0.15, -0.1) is 12.1 Å². The van der Waals surface area contributed by atoms with Crippen molar-refractivity contribution >= 4 is 29.9 Å². The van der Waals surface area contributed by atoms with E-state index in [0.717, 1.165) is 0 Å². The molecule has 121 valence electrons. The third-order valence-electron chi connectivity index (χ3n) is 1.42. The number of benzene rings is 1. The molecule has 1 rings (SSSR count). The SMILES string of the molecule is CC(=[OH+])[CH-]C(=[OH+])c1ccccc1.CC[OH2+].CC[OH2+].[Cl][Ta][Cl]. The van der Waals surface area contributed by atoms with Crippen LogP contribution in [0.5, 0.6) is 0 Å². The van der Waals surface area contributed by atoms with Crippen molar-refractivity contribution < 1.29 is 37.4 Å². The summed E-state index contributed by atoms with van der Waals surface area (Å²) < 4.78 is 0. The van der Waals surface area contributed by atoms with Crippen molar-refractivity contribution in [1.82, 2.24) is 0 Å². The van der Waals surface area contributed by atoms with E-state index in [2.05, 4.69) is 0 Å². The van der Waals surface area contributed by atoms with Gasteiger partial charge in [0.15, 0.2) is 0 Å². The van der Waals surface area contributed by atoms with E-state index in [0.29, 0.717) is 18.8 Å². The molecule has 0 aliphatic carbocycles. The first-order chi connectivity index (χ1) is 9.94. The van der Waals surface area contributed by atoms with E-state index in [9.17, 15) is 4.79 Å². The molecule has 0 bridgehead atoms. The summed E-state index contributed by atoms with van der Waals surface area (Å²) in [6.07, 6.45) is 1.31. The van der Waals surface area contributed by atoms with E-state index in [1.165, 1.54) is 13.3 Å². The Morgan fingerprint density at radius 3 is 1.71 bits per heavy atom. The van der Waals surface area contributed by atoms with Gasteiger partial charge in [-0.1, -0.05) is 23.8 Å². The summed E-state index contributed by atoms with van der Waals surface area (Å²) in [6.45, 7) is 6.10. The summed E-state index contributed by atoms with van der Waals surface area (Å²) in [5, 5.41) is 12.4. The predicted molar refractivity (Wildman–Crippen MR) is 89.4 cm³/mol. The molecule has 0 spiro atoms. The standard InChI is InChI=1S/C10H9O2.2C2H6O.2ClH.Ta/c1-8(11)7-10(12)9-5-3-2-4-6-9;2*1-2-3;;;/h2-7H,1H3;2*3H,2H2,1H3;2*1H;/q-1;;;;;+2/p+2. The predicted octanol–water partition coefficient (Wildman–Crippen LogP) is 2.19. The molecule has 0 heterocycles. The van der Waals surface area contributed by atoms with Gasteiger partial charge >= 0.3 is 36.0 Å². The van der Waals surface area contributed by atoms with Crippen LogP contribution in [0, 0.1) is 6.42 Å². The summed E-state index contributed by atoms with van der Waals surface area (Å²) in [7, 11) is 9.89. The molecular formula is C14H25Cl2O4Ta+3. The van der Waals surface area contributed by atoms with Gasteiger partial charge in [-0.25, -0.2) is 0 Å². The maximum atomic E-state index is 9.37. The summed E-state index contributed by atoms with van der Waals surface area (Å²) in [4.78, 5) is 18.2. The van der Waals surface area contributed by atoms with Gasteiger partial charge in [-0.05, 0) is 6.42 Å². The van der Waals surface area contributed by atoms with Crippen molar-refractivity contribution in [3.8, 4) is 0 Å². The van der Waals surface area contributed by atoms with Gasteiger partial charge in [0.25, 0.3) is 0 Å². The Bertz CT molecular complexity index is 343. The van der Waals surface area contributed by atoms with Gasteiger partial charge in [0.05, 0.1) is 0 Å². The number of rotatable bonds is 3. The fourth-order valence-electron chi connectivity index (χ4n) is 0.890.